The molecule has 4 rings (SSSR count). The smallest absolute Gasteiger partial charge is 0.252 e. The summed E-state index contributed by atoms with van der Waals surface area (Å²) in [5.74, 6) is 0.803. The van der Waals surface area contributed by atoms with E-state index in [9.17, 15) is 4.79 Å². The number of aryl methyl sites for hydroxylation is 6. The Morgan fingerprint density at radius 1 is 1.00 bits per heavy atom. The number of rotatable bonds is 4. The zero-order valence-corrected chi connectivity index (χ0v) is 16.9. The van der Waals surface area contributed by atoms with Gasteiger partial charge in [0.25, 0.3) is 5.56 Å². The molecule has 0 aliphatic rings. The van der Waals surface area contributed by atoms with Gasteiger partial charge in [0, 0.05) is 23.6 Å². The minimum Gasteiger partial charge on any atom is -0.361 e. The highest BCUT2D eigenvalue weighted by Gasteiger charge is 2.18. The maximum Gasteiger partial charge on any atom is 0.252 e. The molecule has 0 saturated carbocycles. The van der Waals surface area contributed by atoms with Gasteiger partial charge in [0.1, 0.15) is 11.4 Å². The van der Waals surface area contributed by atoms with Crippen molar-refractivity contribution in [2.75, 3.05) is 0 Å². The first-order valence-corrected chi connectivity index (χ1v) is 9.45. The van der Waals surface area contributed by atoms with Crippen LogP contribution in [0.5, 0.6) is 0 Å². The van der Waals surface area contributed by atoms with Crippen molar-refractivity contribution >= 4 is 11.0 Å². The van der Waals surface area contributed by atoms with Crippen molar-refractivity contribution in [3.05, 3.63) is 74.5 Å². The van der Waals surface area contributed by atoms with Crippen LogP contribution in [-0.2, 0) is 13.0 Å². The fourth-order valence-corrected chi connectivity index (χ4v) is 3.83. The van der Waals surface area contributed by atoms with Gasteiger partial charge in [-0.3, -0.25) is 9.36 Å². The van der Waals surface area contributed by atoms with Gasteiger partial charge in [-0.2, -0.15) is 5.10 Å². The zero-order valence-electron chi connectivity index (χ0n) is 16.9. The maximum absolute atomic E-state index is 12.9. The van der Waals surface area contributed by atoms with E-state index in [1.54, 1.807) is 6.07 Å². The topological polar surface area (TPSA) is 65.8 Å². The van der Waals surface area contributed by atoms with Gasteiger partial charge in [0.15, 0.2) is 0 Å². The van der Waals surface area contributed by atoms with E-state index in [1.807, 2.05) is 49.1 Å². The van der Waals surface area contributed by atoms with E-state index in [-0.39, 0.29) is 5.56 Å². The summed E-state index contributed by atoms with van der Waals surface area (Å²) in [4.78, 5) is 12.9. The van der Waals surface area contributed by atoms with Gasteiger partial charge in [0.05, 0.1) is 17.1 Å². The van der Waals surface area contributed by atoms with E-state index >= 15 is 0 Å². The van der Waals surface area contributed by atoms with Crippen LogP contribution in [0, 0.1) is 34.6 Å². The zero-order chi connectivity index (χ0) is 20.0. The fraction of sp³-hybridized carbons (Fsp3) is 0.318. The van der Waals surface area contributed by atoms with Crippen molar-refractivity contribution in [3.63, 3.8) is 0 Å². The van der Waals surface area contributed by atoms with Crippen LogP contribution < -0.4 is 5.56 Å². The van der Waals surface area contributed by atoms with Crippen LogP contribution in [0.3, 0.4) is 0 Å². The molecule has 6 nitrogen and oxygen atoms in total. The molecule has 0 aliphatic carbocycles. The molecule has 0 amide bonds. The molecule has 0 radical (unpaired) electrons. The highest BCUT2D eigenvalue weighted by atomic mass is 16.5. The summed E-state index contributed by atoms with van der Waals surface area (Å²) < 4.78 is 8.97. The number of hydrogen-bond acceptors (Lipinski definition) is 4. The Morgan fingerprint density at radius 2 is 1.71 bits per heavy atom. The molecular weight excluding hydrogens is 352 g/mol. The molecule has 0 unspecified atom stereocenters. The normalized spacial score (nSPS) is 11.5. The number of aromatic nitrogens is 4. The standard InChI is InChI=1S/C22H24N4O2/c1-13-6-8-18(9-7-13)26-22-21(16(4)23-26)14(2)12-20(27)25(22)11-10-19-15(3)24-28-17(19)5/h6-9,12H,10-11H2,1-5H3. The average Bonchev–Trinajstić information content (AvgIpc) is 3.16. The fourth-order valence-electron chi connectivity index (χ4n) is 3.83. The van der Waals surface area contributed by atoms with Crippen LogP contribution >= 0.6 is 0 Å². The number of benzene rings is 1. The second-order valence-electron chi connectivity index (χ2n) is 7.40. The predicted octanol–water partition coefficient (Wildman–Crippen LogP) is 3.96. The first kappa shape index (κ1) is 18.2. The third kappa shape index (κ3) is 2.95. The van der Waals surface area contributed by atoms with Crippen LogP contribution in [0.4, 0.5) is 0 Å². The van der Waals surface area contributed by atoms with Gasteiger partial charge in [-0.05, 0) is 58.7 Å². The molecule has 1 aromatic carbocycles. The van der Waals surface area contributed by atoms with Crippen molar-refractivity contribution in [3.8, 4) is 5.69 Å². The molecule has 0 fully saturated rings. The summed E-state index contributed by atoms with van der Waals surface area (Å²) in [7, 11) is 0. The number of hydrogen-bond donors (Lipinski definition) is 0. The molecule has 3 heterocycles. The van der Waals surface area contributed by atoms with Crippen molar-refractivity contribution in [2.24, 2.45) is 0 Å². The van der Waals surface area contributed by atoms with Crippen LogP contribution in [0.25, 0.3) is 16.7 Å². The van der Waals surface area contributed by atoms with Crippen molar-refractivity contribution in [1.29, 1.82) is 0 Å². The van der Waals surface area contributed by atoms with E-state index in [2.05, 4.69) is 24.2 Å². The number of nitrogens with zero attached hydrogens (tertiary/aromatic N) is 4. The summed E-state index contributed by atoms with van der Waals surface area (Å²) in [5.41, 5.74) is 6.73. The highest BCUT2D eigenvalue weighted by molar-refractivity contribution is 5.83. The first-order valence-electron chi connectivity index (χ1n) is 9.45. The van der Waals surface area contributed by atoms with Crippen LogP contribution in [0.2, 0.25) is 0 Å². The Balaban J connectivity index is 1.90. The quantitative estimate of drug-likeness (QED) is 0.541. The van der Waals surface area contributed by atoms with E-state index < -0.39 is 0 Å². The summed E-state index contributed by atoms with van der Waals surface area (Å²) in [6, 6.07) is 9.88. The molecule has 6 heteroatoms. The lowest BCUT2D eigenvalue weighted by atomic mass is 10.1. The average molecular weight is 376 g/mol. The summed E-state index contributed by atoms with van der Waals surface area (Å²) >= 11 is 0. The van der Waals surface area contributed by atoms with Gasteiger partial charge in [0.2, 0.25) is 0 Å². The summed E-state index contributed by atoms with van der Waals surface area (Å²) in [6.45, 7) is 10.4. The number of fused-ring (bicyclic) bond motifs is 1. The van der Waals surface area contributed by atoms with E-state index in [0.29, 0.717) is 13.0 Å². The molecule has 3 aromatic heterocycles. The Hall–Kier alpha value is -3.15. The largest absolute Gasteiger partial charge is 0.361 e. The van der Waals surface area contributed by atoms with E-state index in [4.69, 9.17) is 9.62 Å². The van der Waals surface area contributed by atoms with Crippen LogP contribution in [0.15, 0.2) is 39.6 Å². The monoisotopic (exact) mass is 376 g/mol. The van der Waals surface area contributed by atoms with E-state index in [0.717, 1.165) is 45.0 Å². The van der Waals surface area contributed by atoms with Gasteiger partial charge in [-0.15, -0.1) is 0 Å². The molecular formula is C22H24N4O2. The van der Waals surface area contributed by atoms with Gasteiger partial charge in [-0.1, -0.05) is 22.9 Å². The molecule has 4 aromatic rings. The maximum atomic E-state index is 12.9. The highest BCUT2D eigenvalue weighted by Crippen LogP contribution is 2.24. The first-order chi connectivity index (χ1) is 13.4. The lowest BCUT2D eigenvalue weighted by Crippen LogP contribution is -2.23. The van der Waals surface area contributed by atoms with Crippen molar-refractivity contribution in [1.82, 2.24) is 19.5 Å². The number of pyridine rings is 1. The molecule has 0 saturated heterocycles. The lowest BCUT2D eigenvalue weighted by Gasteiger charge is -2.12. The molecule has 0 aliphatic heterocycles. The van der Waals surface area contributed by atoms with Crippen LogP contribution in [-0.4, -0.2) is 19.5 Å². The van der Waals surface area contributed by atoms with Gasteiger partial charge < -0.3 is 4.52 Å². The minimum absolute atomic E-state index is 0.0231. The second-order valence-corrected chi connectivity index (χ2v) is 7.40. The molecule has 0 bridgehead atoms. The molecule has 0 atom stereocenters. The molecule has 0 spiro atoms. The van der Waals surface area contributed by atoms with Crippen LogP contribution in [0.1, 0.15) is 33.8 Å². The molecule has 144 valence electrons. The SMILES string of the molecule is Cc1ccc(-n2nc(C)c3c(C)cc(=O)n(CCc4c(C)noc4C)c32)cc1. The third-order valence-corrected chi connectivity index (χ3v) is 5.34. The predicted molar refractivity (Wildman–Crippen MR) is 109 cm³/mol. The lowest BCUT2D eigenvalue weighted by molar-refractivity contribution is 0.392. The van der Waals surface area contributed by atoms with Crippen molar-refractivity contribution < 1.29 is 4.52 Å². The van der Waals surface area contributed by atoms with Gasteiger partial charge in [-0.25, -0.2) is 4.68 Å². The van der Waals surface area contributed by atoms with Crippen molar-refractivity contribution in [2.45, 2.75) is 47.6 Å². The molecule has 28 heavy (non-hydrogen) atoms. The minimum atomic E-state index is -0.0231. The Labute approximate surface area is 163 Å². The Morgan fingerprint density at radius 3 is 2.36 bits per heavy atom. The Kier molecular flexibility index (Phi) is 4.41. The van der Waals surface area contributed by atoms with Gasteiger partial charge >= 0.3 is 0 Å². The second kappa shape index (κ2) is 6.78. The molecule has 0 N–H and O–H groups in total. The van der Waals surface area contributed by atoms with E-state index in [1.165, 1.54) is 5.56 Å². The summed E-state index contributed by atoms with van der Waals surface area (Å²) in [5, 5.41) is 9.81. The third-order valence-electron chi connectivity index (χ3n) is 5.34. The summed E-state index contributed by atoms with van der Waals surface area (Å²) in [6.07, 6.45) is 0.678. The Bertz CT molecular complexity index is 1210.